The van der Waals surface area contributed by atoms with Gasteiger partial charge < -0.3 is 19.3 Å². The molecule has 46 heavy (non-hydrogen) atoms. The van der Waals surface area contributed by atoms with E-state index in [1.807, 2.05) is 36.4 Å². The number of aliphatic hydroxyl groups excluding tert-OH is 1. The highest BCUT2D eigenvalue weighted by Crippen LogP contribution is 2.38. The van der Waals surface area contributed by atoms with E-state index in [0.717, 1.165) is 33.9 Å². The van der Waals surface area contributed by atoms with Gasteiger partial charge in [0.15, 0.2) is 0 Å². The predicted molar refractivity (Wildman–Crippen MR) is 176 cm³/mol. The van der Waals surface area contributed by atoms with Crippen molar-refractivity contribution in [2.45, 2.75) is 44.9 Å². The van der Waals surface area contributed by atoms with Gasteiger partial charge in [0, 0.05) is 24.3 Å². The van der Waals surface area contributed by atoms with E-state index < -0.39 is 12.6 Å². The summed E-state index contributed by atoms with van der Waals surface area (Å²) in [5.74, 6) is 1.57. The second-order valence-electron chi connectivity index (χ2n) is 11.9. The van der Waals surface area contributed by atoms with Crippen LogP contribution in [-0.2, 0) is 19.1 Å². The number of benzene rings is 3. The van der Waals surface area contributed by atoms with Crippen LogP contribution < -0.4 is 9.47 Å². The van der Waals surface area contributed by atoms with Crippen molar-refractivity contribution in [3.05, 3.63) is 96.6 Å². The molecule has 0 spiro atoms. The first-order valence-electron chi connectivity index (χ1n) is 15.9. The lowest BCUT2D eigenvalue weighted by molar-refractivity contribution is -0.140. The van der Waals surface area contributed by atoms with Crippen LogP contribution in [0.25, 0.3) is 22.3 Å². The summed E-state index contributed by atoms with van der Waals surface area (Å²) in [6.07, 6.45) is 8.12. The molecule has 3 aromatic carbocycles. The maximum atomic E-state index is 11.9. The molecule has 2 aliphatic rings. The number of nitrogens with zero attached hydrogens (tertiary/aromatic N) is 1. The standard InChI is InChI=1S/C38H41NO7/c1-26-4-6-28(7-5-26)29-8-10-31(11-9-29)34-24-32(14-17-35(34)45-21-3-20-39-36(41)18-19-37(39)42)30-12-15-33(16-13-30)44-22-23-46-38(43)27(2)25-40/h8-19,24,26,28,40H,2-7,20-23,25H2,1H3. The van der Waals surface area contributed by atoms with Gasteiger partial charge in [-0.2, -0.15) is 0 Å². The minimum atomic E-state index is -0.642. The lowest BCUT2D eigenvalue weighted by Crippen LogP contribution is -2.31. The Balaban J connectivity index is 1.28. The van der Waals surface area contributed by atoms with Gasteiger partial charge in [-0.05, 0) is 77.6 Å². The van der Waals surface area contributed by atoms with E-state index in [1.54, 1.807) is 0 Å². The van der Waals surface area contributed by atoms with E-state index in [9.17, 15) is 14.4 Å². The molecule has 1 N–H and O–H groups in total. The van der Waals surface area contributed by atoms with E-state index in [4.69, 9.17) is 19.3 Å². The molecule has 0 aromatic heterocycles. The molecule has 3 aromatic rings. The van der Waals surface area contributed by atoms with E-state index in [-0.39, 0.29) is 30.6 Å². The van der Waals surface area contributed by atoms with Gasteiger partial charge in [-0.1, -0.05) is 68.8 Å². The first-order valence-corrected chi connectivity index (χ1v) is 15.9. The topological polar surface area (TPSA) is 102 Å². The first kappa shape index (κ1) is 32.7. The Morgan fingerprint density at radius 2 is 1.48 bits per heavy atom. The van der Waals surface area contributed by atoms with Crippen molar-refractivity contribution < 1.29 is 33.7 Å². The van der Waals surface area contributed by atoms with Crippen molar-refractivity contribution in [3.8, 4) is 33.8 Å². The smallest absolute Gasteiger partial charge is 0.335 e. The fourth-order valence-corrected chi connectivity index (χ4v) is 5.85. The minimum Gasteiger partial charge on any atom is -0.493 e. The monoisotopic (exact) mass is 623 g/mol. The van der Waals surface area contributed by atoms with Crippen LogP contribution >= 0.6 is 0 Å². The normalized spacial score (nSPS) is 17.7. The van der Waals surface area contributed by atoms with Crippen LogP contribution in [0, 0.1) is 5.92 Å². The molecule has 0 atom stereocenters. The second kappa shape index (κ2) is 15.5. The highest BCUT2D eigenvalue weighted by molar-refractivity contribution is 6.12. The molecule has 2 amide bonds. The molecule has 0 radical (unpaired) electrons. The van der Waals surface area contributed by atoms with Gasteiger partial charge >= 0.3 is 5.97 Å². The average Bonchev–Trinajstić information content (AvgIpc) is 3.41. The predicted octanol–water partition coefficient (Wildman–Crippen LogP) is 6.48. The van der Waals surface area contributed by atoms with E-state index in [1.165, 1.54) is 48.3 Å². The highest BCUT2D eigenvalue weighted by atomic mass is 16.6. The molecule has 0 saturated heterocycles. The molecule has 0 unspecified atom stereocenters. The first-order chi connectivity index (χ1) is 22.3. The van der Waals surface area contributed by atoms with Crippen molar-refractivity contribution in [2.24, 2.45) is 5.92 Å². The summed E-state index contributed by atoms with van der Waals surface area (Å²) in [7, 11) is 0. The Hall–Kier alpha value is -4.69. The van der Waals surface area contributed by atoms with Crippen molar-refractivity contribution >= 4 is 17.8 Å². The number of hydrogen-bond donors (Lipinski definition) is 1. The van der Waals surface area contributed by atoms with Crippen LogP contribution in [0.3, 0.4) is 0 Å². The van der Waals surface area contributed by atoms with E-state index in [2.05, 4.69) is 43.8 Å². The molecular formula is C38H41NO7. The Bertz CT molecular complexity index is 1550. The SMILES string of the molecule is C=C(CO)C(=O)OCCOc1ccc(-c2ccc(OCCCN3C(=O)C=CC3=O)c(-c3ccc(C4CCC(C)CC4)cc3)c2)cc1. The molecular weight excluding hydrogens is 582 g/mol. The molecule has 1 heterocycles. The van der Waals surface area contributed by atoms with Gasteiger partial charge in [-0.3, -0.25) is 14.5 Å². The molecule has 1 aliphatic heterocycles. The molecule has 1 fully saturated rings. The lowest BCUT2D eigenvalue weighted by Gasteiger charge is -2.26. The van der Waals surface area contributed by atoms with E-state index >= 15 is 0 Å². The number of hydrogen-bond acceptors (Lipinski definition) is 7. The van der Waals surface area contributed by atoms with Crippen LogP contribution in [0.15, 0.2) is 91.0 Å². The van der Waals surface area contributed by atoms with Gasteiger partial charge in [0.05, 0.1) is 18.8 Å². The summed E-state index contributed by atoms with van der Waals surface area (Å²) >= 11 is 0. The average molecular weight is 624 g/mol. The number of carbonyl (C=O) groups excluding carboxylic acids is 3. The van der Waals surface area contributed by atoms with Crippen LogP contribution in [0.4, 0.5) is 0 Å². The summed E-state index contributed by atoms with van der Waals surface area (Å²) in [5.41, 5.74) is 5.40. The quantitative estimate of drug-likeness (QED) is 0.0949. The summed E-state index contributed by atoms with van der Waals surface area (Å²) < 4.78 is 17.0. The summed E-state index contributed by atoms with van der Waals surface area (Å²) in [5, 5.41) is 8.96. The van der Waals surface area contributed by atoms with Gasteiger partial charge in [0.1, 0.15) is 24.7 Å². The number of amides is 2. The summed E-state index contributed by atoms with van der Waals surface area (Å²) in [6, 6.07) is 22.6. The van der Waals surface area contributed by atoms with Crippen molar-refractivity contribution in [2.75, 3.05) is 33.0 Å². The third kappa shape index (κ3) is 8.31. The van der Waals surface area contributed by atoms with Crippen LogP contribution in [0.1, 0.15) is 50.5 Å². The van der Waals surface area contributed by atoms with Crippen LogP contribution in [0.2, 0.25) is 0 Å². The number of imide groups is 1. The van der Waals surface area contributed by atoms with Crippen LogP contribution in [-0.4, -0.2) is 60.8 Å². The third-order valence-electron chi connectivity index (χ3n) is 8.63. The van der Waals surface area contributed by atoms with Crippen molar-refractivity contribution in [3.63, 3.8) is 0 Å². The van der Waals surface area contributed by atoms with Crippen molar-refractivity contribution in [1.82, 2.24) is 4.90 Å². The second-order valence-corrected chi connectivity index (χ2v) is 11.9. The zero-order valence-electron chi connectivity index (χ0n) is 26.3. The van der Waals surface area contributed by atoms with Gasteiger partial charge in [-0.15, -0.1) is 0 Å². The largest absolute Gasteiger partial charge is 0.493 e. The zero-order valence-corrected chi connectivity index (χ0v) is 26.3. The molecule has 0 bridgehead atoms. The Labute approximate surface area is 270 Å². The third-order valence-corrected chi connectivity index (χ3v) is 8.63. The van der Waals surface area contributed by atoms with Gasteiger partial charge in [-0.25, -0.2) is 4.79 Å². The number of carbonyl (C=O) groups is 3. The number of ether oxygens (including phenoxy) is 3. The molecule has 8 heteroatoms. The molecule has 1 saturated carbocycles. The number of esters is 1. The van der Waals surface area contributed by atoms with Gasteiger partial charge in [0.25, 0.3) is 11.8 Å². The number of aliphatic hydroxyl groups is 1. The maximum Gasteiger partial charge on any atom is 0.335 e. The molecule has 1 aliphatic carbocycles. The molecule has 240 valence electrons. The maximum absolute atomic E-state index is 11.9. The van der Waals surface area contributed by atoms with E-state index in [0.29, 0.717) is 31.2 Å². The highest BCUT2D eigenvalue weighted by Gasteiger charge is 2.23. The lowest BCUT2D eigenvalue weighted by atomic mass is 9.79. The van der Waals surface area contributed by atoms with Crippen LogP contribution in [0.5, 0.6) is 11.5 Å². The fraction of sp³-hybridized carbons (Fsp3) is 0.342. The van der Waals surface area contributed by atoms with Crippen molar-refractivity contribution in [1.29, 1.82) is 0 Å². The summed E-state index contributed by atoms with van der Waals surface area (Å²) in [6.45, 7) is 6.22. The Morgan fingerprint density at radius 1 is 0.826 bits per heavy atom. The molecule has 5 rings (SSSR count). The minimum absolute atomic E-state index is 0.00239. The summed E-state index contributed by atoms with van der Waals surface area (Å²) in [4.78, 5) is 36.7. The zero-order chi connectivity index (χ0) is 32.5. The Morgan fingerprint density at radius 3 is 2.15 bits per heavy atom. The number of rotatable bonds is 14. The molecule has 8 nitrogen and oxygen atoms in total. The fourth-order valence-electron chi connectivity index (χ4n) is 5.85. The van der Waals surface area contributed by atoms with Gasteiger partial charge in [0.2, 0.25) is 0 Å². The Kier molecular flexibility index (Phi) is 11.0.